The van der Waals surface area contributed by atoms with Gasteiger partial charge < -0.3 is 10.0 Å². The van der Waals surface area contributed by atoms with E-state index in [-0.39, 0.29) is 18.6 Å². The third-order valence-corrected chi connectivity index (χ3v) is 4.18. The Labute approximate surface area is 126 Å². The molecule has 0 bridgehead atoms. The Hall–Kier alpha value is -1.83. The summed E-state index contributed by atoms with van der Waals surface area (Å²) in [5, 5.41) is 13.3. The fourth-order valence-electron chi connectivity index (χ4n) is 2.89. The fraction of sp³-hybridized carbons (Fsp3) is 0.643. The molecule has 0 aliphatic carbocycles. The molecule has 6 nitrogen and oxygen atoms in total. The summed E-state index contributed by atoms with van der Waals surface area (Å²) < 4.78 is 26.4. The van der Waals surface area contributed by atoms with Crippen LogP contribution in [0.3, 0.4) is 0 Å². The predicted molar refractivity (Wildman–Crippen MR) is 77.9 cm³/mol. The van der Waals surface area contributed by atoms with Crippen molar-refractivity contribution in [2.75, 3.05) is 18.1 Å². The van der Waals surface area contributed by atoms with Crippen molar-refractivity contribution in [3.8, 4) is 0 Å². The highest BCUT2D eigenvalue weighted by atomic mass is 19.3. The van der Waals surface area contributed by atoms with Crippen molar-refractivity contribution < 1.29 is 13.9 Å². The number of aliphatic hydroxyl groups is 1. The van der Waals surface area contributed by atoms with Crippen molar-refractivity contribution in [3.05, 3.63) is 12.4 Å². The van der Waals surface area contributed by atoms with Gasteiger partial charge in [0.2, 0.25) is 0 Å². The minimum atomic E-state index is -2.48. The molecule has 1 fully saturated rings. The first-order valence-electron chi connectivity index (χ1n) is 7.42. The summed E-state index contributed by atoms with van der Waals surface area (Å²) in [6.07, 6.45) is 2.55. The molecular weight excluding hydrogens is 292 g/mol. The van der Waals surface area contributed by atoms with E-state index in [0.29, 0.717) is 23.5 Å². The van der Waals surface area contributed by atoms with E-state index in [1.807, 2.05) is 0 Å². The van der Waals surface area contributed by atoms with Crippen molar-refractivity contribution >= 4 is 17.0 Å². The van der Waals surface area contributed by atoms with Gasteiger partial charge in [-0.05, 0) is 25.7 Å². The fourth-order valence-corrected chi connectivity index (χ4v) is 2.89. The Balaban J connectivity index is 1.93. The highest BCUT2D eigenvalue weighted by molar-refractivity contribution is 5.71. The molecule has 0 unspecified atom stereocenters. The van der Waals surface area contributed by atoms with Crippen LogP contribution in [0, 0.1) is 5.92 Å². The molecule has 0 aromatic carbocycles. The van der Waals surface area contributed by atoms with Crippen LogP contribution < -0.4 is 4.90 Å². The standard InChI is InChI=1S/C14H19F2N5O/c1-9-2-3-10(8-22)6-20(9)13-5-17-11-4-18-21(7-12(15)16)14(11)19-13/h4-5,9-10,12,22H,2-3,6-8H2,1H3/t9-,10-/m1/s1. The van der Waals surface area contributed by atoms with Gasteiger partial charge in [0.1, 0.15) is 17.9 Å². The van der Waals surface area contributed by atoms with E-state index < -0.39 is 13.0 Å². The first kappa shape index (κ1) is 15.1. The monoisotopic (exact) mass is 311 g/mol. The molecule has 1 N–H and O–H groups in total. The summed E-state index contributed by atoms with van der Waals surface area (Å²) in [5.74, 6) is 0.855. The number of aliphatic hydroxyl groups excluding tert-OH is 1. The lowest BCUT2D eigenvalue weighted by molar-refractivity contribution is 0.123. The second-order valence-corrected chi connectivity index (χ2v) is 5.78. The van der Waals surface area contributed by atoms with E-state index in [0.717, 1.165) is 12.8 Å². The van der Waals surface area contributed by atoms with Crippen LogP contribution in [0.5, 0.6) is 0 Å². The first-order valence-corrected chi connectivity index (χ1v) is 7.42. The molecule has 0 saturated carbocycles. The number of rotatable bonds is 4. The number of halogens is 2. The Bertz CT molecular complexity index is 647. The Kier molecular flexibility index (Phi) is 4.19. The summed E-state index contributed by atoms with van der Waals surface area (Å²) >= 11 is 0. The zero-order valence-electron chi connectivity index (χ0n) is 12.4. The van der Waals surface area contributed by atoms with Crippen molar-refractivity contribution in [2.45, 2.75) is 38.8 Å². The summed E-state index contributed by atoms with van der Waals surface area (Å²) in [6, 6.07) is 0.279. The first-order chi connectivity index (χ1) is 10.6. The molecule has 8 heteroatoms. The maximum Gasteiger partial charge on any atom is 0.258 e. The number of piperidine rings is 1. The van der Waals surface area contributed by atoms with Crippen LogP contribution in [0.25, 0.3) is 11.2 Å². The minimum Gasteiger partial charge on any atom is -0.396 e. The summed E-state index contributed by atoms with van der Waals surface area (Å²) in [4.78, 5) is 10.8. The Morgan fingerprint density at radius 3 is 2.91 bits per heavy atom. The third kappa shape index (κ3) is 2.87. The zero-order valence-corrected chi connectivity index (χ0v) is 12.4. The number of aromatic nitrogens is 4. The molecule has 2 atom stereocenters. The topological polar surface area (TPSA) is 67.1 Å². The van der Waals surface area contributed by atoms with Crippen LogP contribution in [0.15, 0.2) is 12.4 Å². The predicted octanol–water partition coefficient (Wildman–Crippen LogP) is 1.69. The summed E-state index contributed by atoms with van der Waals surface area (Å²) in [5.41, 5.74) is 0.879. The lowest BCUT2D eigenvalue weighted by Crippen LogP contribution is -2.43. The van der Waals surface area contributed by atoms with E-state index in [4.69, 9.17) is 0 Å². The van der Waals surface area contributed by atoms with Gasteiger partial charge in [-0.15, -0.1) is 0 Å². The normalized spacial score (nSPS) is 22.7. The summed E-state index contributed by atoms with van der Waals surface area (Å²) in [6.45, 7) is 2.44. The number of hydrogen-bond donors (Lipinski definition) is 1. The average Bonchev–Trinajstić information content (AvgIpc) is 2.89. The molecule has 120 valence electrons. The smallest absolute Gasteiger partial charge is 0.258 e. The van der Waals surface area contributed by atoms with Crippen molar-refractivity contribution in [1.82, 2.24) is 19.7 Å². The second kappa shape index (κ2) is 6.12. The molecule has 3 heterocycles. The minimum absolute atomic E-state index is 0.141. The zero-order chi connectivity index (χ0) is 15.7. The highest BCUT2D eigenvalue weighted by Crippen LogP contribution is 2.26. The molecule has 22 heavy (non-hydrogen) atoms. The van der Waals surface area contributed by atoms with Crippen molar-refractivity contribution in [2.24, 2.45) is 5.92 Å². The van der Waals surface area contributed by atoms with Gasteiger partial charge in [-0.1, -0.05) is 0 Å². The van der Waals surface area contributed by atoms with Crippen LogP contribution in [0.2, 0.25) is 0 Å². The Morgan fingerprint density at radius 1 is 1.36 bits per heavy atom. The SMILES string of the molecule is C[C@@H]1CC[C@@H](CO)CN1c1cnc2cnn(CC(F)F)c2n1. The van der Waals surface area contributed by atoms with Crippen molar-refractivity contribution in [1.29, 1.82) is 0 Å². The van der Waals surface area contributed by atoms with E-state index in [9.17, 15) is 13.9 Å². The number of alkyl halides is 2. The van der Waals surface area contributed by atoms with E-state index in [1.165, 1.54) is 10.9 Å². The van der Waals surface area contributed by atoms with Crippen LogP contribution >= 0.6 is 0 Å². The van der Waals surface area contributed by atoms with Crippen LogP contribution in [-0.4, -0.2) is 50.5 Å². The van der Waals surface area contributed by atoms with Gasteiger partial charge in [0, 0.05) is 19.2 Å². The lowest BCUT2D eigenvalue weighted by atomic mass is 9.94. The van der Waals surface area contributed by atoms with Gasteiger partial charge >= 0.3 is 0 Å². The Morgan fingerprint density at radius 2 is 2.18 bits per heavy atom. The van der Waals surface area contributed by atoms with Gasteiger partial charge in [0.05, 0.1) is 12.4 Å². The molecule has 2 aromatic heterocycles. The number of nitrogens with zero attached hydrogens (tertiary/aromatic N) is 5. The summed E-state index contributed by atoms with van der Waals surface area (Å²) in [7, 11) is 0. The maximum absolute atomic E-state index is 12.6. The van der Waals surface area contributed by atoms with Crippen LogP contribution in [0.1, 0.15) is 19.8 Å². The molecular formula is C14H19F2N5O. The molecule has 2 aromatic rings. The van der Waals surface area contributed by atoms with Crippen LogP contribution in [0.4, 0.5) is 14.6 Å². The van der Waals surface area contributed by atoms with E-state index >= 15 is 0 Å². The van der Waals surface area contributed by atoms with Gasteiger partial charge in [-0.2, -0.15) is 5.10 Å². The van der Waals surface area contributed by atoms with E-state index in [1.54, 1.807) is 6.20 Å². The number of hydrogen-bond acceptors (Lipinski definition) is 5. The van der Waals surface area contributed by atoms with Crippen LogP contribution in [-0.2, 0) is 6.54 Å². The molecule has 0 radical (unpaired) electrons. The van der Waals surface area contributed by atoms with Gasteiger partial charge in [-0.25, -0.2) is 23.4 Å². The highest BCUT2D eigenvalue weighted by Gasteiger charge is 2.26. The van der Waals surface area contributed by atoms with E-state index in [2.05, 4.69) is 26.9 Å². The number of fused-ring (bicyclic) bond motifs is 1. The maximum atomic E-state index is 12.6. The molecule has 0 spiro atoms. The average molecular weight is 311 g/mol. The van der Waals surface area contributed by atoms with Crippen molar-refractivity contribution in [3.63, 3.8) is 0 Å². The van der Waals surface area contributed by atoms with Gasteiger partial charge in [0.15, 0.2) is 5.65 Å². The molecule has 0 amide bonds. The third-order valence-electron chi connectivity index (χ3n) is 4.18. The van der Waals surface area contributed by atoms with Gasteiger partial charge in [-0.3, -0.25) is 0 Å². The molecule has 1 aliphatic heterocycles. The molecule has 1 aliphatic rings. The largest absolute Gasteiger partial charge is 0.396 e. The second-order valence-electron chi connectivity index (χ2n) is 5.78. The molecule has 1 saturated heterocycles. The number of anilines is 1. The van der Waals surface area contributed by atoms with Gasteiger partial charge in [0.25, 0.3) is 6.43 Å². The lowest BCUT2D eigenvalue weighted by Gasteiger charge is -2.38. The molecule has 3 rings (SSSR count). The quantitative estimate of drug-likeness (QED) is 0.930.